The van der Waals surface area contributed by atoms with Gasteiger partial charge in [0.05, 0.1) is 11.7 Å². The number of aliphatic hydroxyl groups excluding tert-OH is 1. The van der Waals surface area contributed by atoms with Crippen molar-refractivity contribution < 1.29 is 19.4 Å². The molecule has 0 radical (unpaired) electrons. The van der Waals surface area contributed by atoms with Crippen molar-refractivity contribution in [3.63, 3.8) is 0 Å². The maximum Gasteiger partial charge on any atom is 0.208 e. The SMILES string of the molecule is C[C@]12CC[C@H]3[C@]4(C=C[C@@]5(C=C4C(=O)Cc4c(F)cccc4Cl)CC(O)CC[C@]35C)[C@@H]1CC[C@@]2(O)CSc1n[nH]c(-c2ccncc2)n1. The maximum atomic E-state index is 15.0. The number of Topliss-reactive ketones (excluding diaryl/α,β-unsaturated/α-hetero) is 1. The number of nitrogens with zero attached hydrogens (tertiary/aromatic N) is 3. The van der Waals surface area contributed by atoms with Crippen LogP contribution in [0.15, 0.2) is 71.7 Å². The van der Waals surface area contributed by atoms with Crippen LogP contribution in [0.25, 0.3) is 11.4 Å². The topological polar surface area (TPSA) is 112 Å². The standard InChI is InChI=1S/C37H40ClFN4O3S/c1-33-11-6-23(44)19-35(33)14-15-37(25(20-35)28(45)18-24-26(38)4-3-5-27(24)39)29(33)7-12-34(2)30(37)8-13-36(34,46)21-47-32-41-31(42-43-32)22-9-16-40-17-10-22/h3-5,9-10,14-17,20,23,29-30,44,46H,6-8,11-13,18-19,21H2,1-2H3,(H,41,42,43)/t23?,29-,30-,33-,34+,35+,36-,37-/m1/s1. The van der Waals surface area contributed by atoms with Gasteiger partial charge in [-0.05, 0) is 86.5 Å². The van der Waals surface area contributed by atoms with Crippen molar-refractivity contribution >= 4 is 29.1 Å². The van der Waals surface area contributed by atoms with Gasteiger partial charge in [0.1, 0.15) is 5.82 Å². The normalized spacial score (nSPS) is 38.4. The molecule has 2 bridgehead atoms. The van der Waals surface area contributed by atoms with E-state index in [9.17, 15) is 15.0 Å². The number of hydrogen-bond donors (Lipinski definition) is 3. The summed E-state index contributed by atoms with van der Waals surface area (Å²) in [7, 11) is 0. The summed E-state index contributed by atoms with van der Waals surface area (Å²) in [5.41, 5.74) is -0.845. The number of thioether (sulfide) groups is 1. The second-order valence-corrected chi connectivity index (χ2v) is 16.5. The lowest BCUT2D eigenvalue weighted by molar-refractivity contribution is -0.170. The predicted molar refractivity (Wildman–Crippen MR) is 179 cm³/mol. The largest absolute Gasteiger partial charge is 0.393 e. The molecule has 1 aromatic carbocycles. The van der Waals surface area contributed by atoms with Crippen molar-refractivity contribution in [3.8, 4) is 11.4 Å². The fraction of sp³-hybridized carbons (Fsp3) is 0.514. The van der Waals surface area contributed by atoms with Gasteiger partial charge in [0.15, 0.2) is 11.6 Å². The monoisotopic (exact) mass is 674 g/mol. The molecule has 3 aromatic rings. The number of carbonyl (C=O) groups is 1. The second-order valence-electron chi connectivity index (χ2n) is 15.1. The van der Waals surface area contributed by atoms with E-state index in [0.717, 1.165) is 43.2 Å². The van der Waals surface area contributed by atoms with Crippen LogP contribution in [-0.2, 0) is 11.2 Å². The zero-order chi connectivity index (χ0) is 32.8. The summed E-state index contributed by atoms with van der Waals surface area (Å²) in [6.07, 6.45) is 14.8. The van der Waals surface area contributed by atoms with E-state index in [-0.39, 0.29) is 40.0 Å². The van der Waals surface area contributed by atoms with E-state index in [1.807, 2.05) is 12.1 Å². The summed E-state index contributed by atoms with van der Waals surface area (Å²) >= 11 is 7.90. The van der Waals surface area contributed by atoms with Crippen molar-refractivity contribution in [1.29, 1.82) is 0 Å². The van der Waals surface area contributed by atoms with E-state index in [2.05, 4.69) is 52.2 Å². The Balaban J connectivity index is 1.16. The average molecular weight is 675 g/mol. The molecule has 2 aromatic heterocycles. The molecule has 8 atom stereocenters. The van der Waals surface area contributed by atoms with E-state index in [1.165, 1.54) is 17.8 Å². The number of fused-ring (bicyclic) bond motifs is 1. The molecule has 10 heteroatoms. The van der Waals surface area contributed by atoms with E-state index in [1.54, 1.807) is 24.5 Å². The summed E-state index contributed by atoms with van der Waals surface area (Å²) in [5, 5.41) is 31.8. The molecule has 0 aliphatic heterocycles. The highest BCUT2D eigenvalue weighted by atomic mass is 35.5. The van der Waals surface area contributed by atoms with E-state index >= 15 is 4.39 Å². The number of carbonyl (C=O) groups excluding carboxylic acids is 1. The van der Waals surface area contributed by atoms with Crippen LogP contribution in [-0.4, -0.2) is 53.6 Å². The van der Waals surface area contributed by atoms with Gasteiger partial charge in [-0.2, -0.15) is 0 Å². The number of pyridine rings is 1. The molecule has 246 valence electrons. The van der Waals surface area contributed by atoms with Crippen LogP contribution >= 0.6 is 23.4 Å². The van der Waals surface area contributed by atoms with E-state index in [4.69, 9.17) is 11.6 Å². The smallest absolute Gasteiger partial charge is 0.208 e. The molecule has 9 rings (SSSR count). The predicted octanol–water partition coefficient (Wildman–Crippen LogP) is 7.15. The van der Waals surface area contributed by atoms with Gasteiger partial charge in [0.2, 0.25) is 5.16 Å². The zero-order valence-corrected chi connectivity index (χ0v) is 28.3. The lowest BCUT2D eigenvalue weighted by atomic mass is 9.32. The molecule has 47 heavy (non-hydrogen) atoms. The Morgan fingerprint density at radius 2 is 1.81 bits per heavy atom. The van der Waals surface area contributed by atoms with Gasteiger partial charge in [-0.25, -0.2) is 9.37 Å². The number of halogens is 2. The van der Waals surface area contributed by atoms with Gasteiger partial charge >= 0.3 is 0 Å². The Kier molecular flexibility index (Phi) is 7.24. The van der Waals surface area contributed by atoms with Crippen LogP contribution in [0.4, 0.5) is 4.39 Å². The highest BCUT2D eigenvalue weighted by Gasteiger charge is 2.74. The minimum atomic E-state index is -1.01. The van der Waals surface area contributed by atoms with Gasteiger partial charge in [-0.1, -0.05) is 61.5 Å². The van der Waals surface area contributed by atoms with Crippen LogP contribution in [0, 0.1) is 39.3 Å². The first-order valence-electron chi connectivity index (χ1n) is 16.7. The van der Waals surface area contributed by atoms with Crippen LogP contribution in [0.3, 0.4) is 0 Å². The van der Waals surface area contributed by atoms with Crippen LogP contribution in [0.5, 0.6) is 0 Å². The lowest BCUT2D eigenvalue weighted by Crippen LogP contribution is -2.67. The van der Waals surface area contributed by atoms with Gasteiger partial charge in [-0.3, -0.25) is 14.9 Å². The van der Waals surface area contributed by atoms with Gasteiger partial charge < -0.3 is 10.2 Å². The molecular formula is C37H40ClFN4O3S. The molecule has 2 spiro atoms. The van der Waals surface area contributed by atoms with Crippen LogP contribution in [0.2, 0.25) is 5.02 Å². The quantitative estimate of drug-likeness (QED) is 0.180. The maximum absolute atomic E-state index is 15.0. The Hall–Kier alpha value is -2.85. The zero-order valence-electron chi connectivity index (χ0n) is 26.7. The number of benzene rings is 1. The summed E-state index contributed by atoms with van der Waals surface area (Å²) in [6.45, 7) is 4.57. The fourth-order valence-electron chi connectivity index (χ4n) is 10.7. The molecule has 0 amide bonds. The molecule has 3 fully saturated rings. The first kappa shape index (κ1) is 31.4. The Labute approximate surface area is 283 Å². The summed E-state index contributed by atoms with van der Waals surface area (Å²) in [5.74, 6) is 0.659. The molecule has 1 unspecified atom stereocenters. The summed E-state index contributed by atoms with van der Waals surface area (Å²) < 4.78 is 15.0. The molecule has 0 saturated heterocycles. The molecule has 6 aliphatic carbocycles. The Morgan fingerprint density at radius 1 is 1.06 bits per heavy atom. The number of allylic oxidation sites excluding steroid dienone is 4. The second kappa shape index (κ2) is 10.8. The highest BCUT2D eigenvalue weighted by molar-refractivity contribution is 7.99. The number of ketones is 1. The number of rotatable bonds is 7. The van der Waals surface area contributed by atoms with Crippen molar-refractivity contribution in [2.75, 3.05) is 5.75 Å². The number of aromatic nitrogens is 4. The Morgan fingerprint density at radius 3 is 2.60 bits per heavy atom. The molecule has 3 N–H and O–H groups in total. The third-order valence-electron chi connectivity index (χ3n) is 13.3. The molecule has 6 aliphatic rings. The molecular weight excluding hydrogens is 635 g/mol. The summed E-state index contributed by atoms with van der Waals surface area (Å²) in [4.78, 5) is 23.3. The number of hydrogen-bond acceptors (Lipinski definition) is 7. The number of aliphatic hydroxyl groups is 2. The van der Waals surface area contributed by atoms with Gasteiger partial charge in [-0.15, -0.1) is 5.10 Å². The third kappa shape index (κ3) is 4.38. The Bertz CT molecular complexity index is 1800. The number of H-pyrrole nitrogens is 1. The minimum absolute atomic E-state index is 0.00314. The third-order valence-corrected chi connectivity index (χ3v) is 14.7. The molecule has 2 heterocycles. The van der Waals surface area contributed by atoms with Crippen LogP contribution < -0.4 is 0 Å². The fourth-order valence-corrected chi connectivity index (χ4v) is 12.1. The van der Waals surface area contributed by atoms with Crippen molar-refractivity contribution in [3.05, 3.63) is 82.9 Å². The van der Waals surface area contributed by atoms with Crippen molar-refractivity contribution in [2.45, 2.75) is 82.1 Å². The first-order chi connectivity index (χ1) is 22.4. The lowest BCUT2D eigenvalue weighted by Gasteiger charge is -2.71. The highest BCUT2D eigenvalue weighted by Crippen LogP contribution is 2.78. The van der Waals surface area contributed by atoms with Crippen molar-refractivity contribution in [2.24, 2.45) is 33.5 Å². The molecule has 3 saturated carbocycles. The van der Waals surface area contributed by atoms with E-state index in [0.29, 0.717) is 29.6 Å². The molecule has 7 nitrogen and oxygen atoms in total. The average Bonchev–Trinajstić information content (AvgIpc) is 3.64. The minimum Gasteiger partial charge on any atom is -0.393 e. The number of aromatic amines is 1. The van der Waals surface area contributed by atoms with Crippen LogP contribution in [0.1, 0.15) is 64.4 Å². The first-order valence-corrected chi connectivity index (χ1v) is 18.1. The number of nitrogens with one attached hydrogen (secondary N) is 1. The van der Waals surface area contributed by atoms with Gasteiger partial charge in [0.25, 0.3) is 0 Å². The van der Waals surface area contributed by atoms with E-state index < -0.39 is 33.8 Å². The summed E-state index contributed by atoms with van der Waals surface area (Å²) in [6, 6.07) is 8.29. The van der Waals surface area contributed by atoms with Crippen molar-refractivity contribution in [1.82, 2.24) is 20.2 Å². The van der Waals surface area contributed by atoms with Gasteiger partial charge in [0, 0.05) is 62.5 Å².